The Labute approximate surface area is 152 Å². The molecule has 1 aliphatic rings. The lowest BCUT2D eigenvalue weighted by Gasteiger charge is -2.32. The maximum absolute atomic E-state index is 11.8. The Balaban J connectivity index is 1.65. The van der Waals surface area contributed by atoms with E-state index in [0.717, 1.165) is 38.3 Å². The predicted octanol–water partition coefficient (Wildman–Crippen LogP) is 2.11. The Morgan fingerprint density at radius 1 is 1.12 bits per heavy atom. The minimum Gasteiger partial charge on any atom is -0.381 e. The Morgan fingerprint density at radius 3 is 2.40 bits per heavy atom. The number of hydrogen-bond acceptors (Lipinski definition) is 4. The maximum Gasteiger partial charge on any atom is 0.222 e. The van der Waals surface area contributed by atoms with Crippen molar-refractivity contribution in [3.63, 3.8) is 0 Å². The van der Waals surface area contributed by atoms with Crippen LogP contribution < -0.4 is 5.32 Å². The Bertz CT molecular complexity index is 508. The third-order valence-electron chi connectivity index (χ3n) is 4.44. The number of rotatable bonds is 9. The normalized spacial score (nSPS) is 16.3. The van der Waals surface area contributed by atoms with Crippen molar-refractivity contribution < 1.29 is 9.53 Å². The van der Waals surface area contributed by atoms with Crippen LogP contribution >= 0.6 is 0 Å². The lowest BCUT2D eigenvalue weighted by Crippen LogP contribution is -2.43. The molecule has 0 atom stereocenters. The van der Waals surface area contributed by atoms with Crippen molar-refractivity contribution in [2.24, 2.45) is 5.92 Å². The van der Waals surface area contributed by atoms with Crippen LogP contribution in [0.5, 0.6) is 0 Å². The van der Waals surface area contributed by atoms with Crippen LogP contribution in [0, 0.1) is 5.92 Å². The first kappa shape index (κ1) is 19.9. The van der Waals surface area contributed by atoms with Gasteiger partial charge in [0.25, 0.3) is 0 Å². The molecule has 1 heterocycles. The van der Waals surface area contributed by atoms with Crippen LogP contribution in [0.25, 0.3) is 0 Å². The largest absolute Gasteiger partial charge is 0.381 e. The smallest absolute Gasteiger partial charge is 0.222 e. The SMILES string of the molecule is CC(C)COCCC(=O)NCc1ccc(CN2CCN(C)CC2)cc1. The van der Waals surface area contributed by atoms with E-state index >= 15 is 0 Å². The van der Waals surface area contributed by atoms with Crippen LogP contribution in [-0.4, -0.2) is 62.1 Å². The van der Waals surface area contributed by atoms with E-state index in [9.17, 15) is 4.79 Å². The molecule has 1 aliphatic heterocycles. The van der Waals surface area contributed by atoms with Gasteiger partial charge in [0.1, 0.15) is 0 Å². The summed E-state index contributed by atoms with van der Waals surface area (Å²) in [6.45, 7) is 11.6. The highest BCUT2D eigenvalue weighted by Crippen LogP contribution is 2.09. The van der Waals surface area contributed by atoms with Crippen LogP contribution in [0.2, 0.25) is 0 Å². The van der Waals surface area contributed by atoms with Crippen molar-refractivity contribution in [3.8, 4) is 0 Å². The number of amides is 1. The fraction of sp³-hybridized carbons (Fsp3) is 0.650. The lowest BCUT2D eigenvalue weighted by atomic mass is 10.1. The molecule has 1 aromatic rings. The molecule has 1 N–H and O–H groups in total. The average molecular weight is 348 g/mol. The summed E-state index contributed by atoms with van der Waals surface area (Å²) in [4.78, 5) is 16.7. The van der Waals surface area contributed by atoms with Gasteiger partial charge in [-0.05, 0) is 24.1 Å². The van der Waals surface area contributed by atoms with E-state index in [1.54, 1.807) is 0 Å². The van der Waals surface area contributed by atoms with Gasteiger partial charge in [-0.25, -0.2) is 0 Å². The molecule has 0 aliphatic carbocycles. The third kappa shape index (κ3) is 7.99. The molecule has 140 valence electrons. The summed E-state index contributed by atoms with van der Waals surface area (Å²) in [7, 11) is 2.18. The van der Waals surface area contributed by atoms with E-state index in [0.29, 0.717) is 32.1 Å². The van der Waals surface area contributed by atoms with Gasteiger partial charge in [-0.2, -0.15) is 0 Å². The molecule has 1 amide bonds. The van der Waals surface area contributed by atoms with Crippen LogP contribution in [0.15, 0.2) is 24.3 Å². The molecule has 0 bridgehead atoms. The Hall–Kier alpha value is -1.43. The van der Waals surface area contributed by atoms with E-state index < -0.39 is 0 Å². The number of benzene rings is 1. The van der Waals surface area contributed by atoms with E-state index in [1.807, 2.05) is 0 Å². The molecule has 5 heteroatoms. The van der Waals surface area contributed by atoms with Crippen LogP contribution in [0.1, 0.15) is 31.4 Å². The van der Waals surface area contributed by atoms with Crippen LogP contribution in [0.4, 0.5) is 0 Å². The molecule has 0 spiro atoms. The molecule has 0 aromatic heterocycles. The van der Waals surface area contributed by atoms with Gasteiger partial charge in [-0.3, -0.25) is 9.69 Å². The molecule has 5 nitrogen and oxygen atoms in total. The number of hydrogen-bond donors (Lipinski definition) is 1. The first-order chi connectivity index (χ1) is 12.0. The van der Waals surface area contributed by atoms with Crippen molar-refractivity contribution in [1.29, 1.82) is 0 Å². The van der Waals surface area contributed by atoms with Gasteiger partial charge in [-0.1, -0.05) is 38.1 Å². The van der Waals surface area contributed by atoms with Gasteiger partial charge >= 0.3 is 0 Å². The summed E-state index contributed by atoms with van der Waals surface area (Å²) >= 11 is 0. The summed E-state index contributed by atoms with van der Waals surface area (Å²) in [5, 5.41) is 2.96. The lowest BCUT2D eigenvalue weighted by molar-refractivity contribution is -0.122. The van der Waals surface area contributed by atoms with E-state index in [-0.39, 0.29) is 5.91 Å². The summed E-state index contributed by atoms with van der Waals surface area (Å²) in [6.07, 6.45) is 0.425. The summed E-state index contributed by atoms with van der Waals surface area (Å²) in [5.74, 6) is 0.553. The maximum atomic E-state index is 11.8. The van der Waals surface area contributed by atoms with Crippen LogP contribution in [-0.2, 0) is 22.6 Å². The minimum atomic E-state index is 0.0465. The molecule has 0 saturated carbocycles. The molecule has 1 fully saturated rings. The second kappa shape index (κ2) is 10.5. The molecular formula is C20H33N3O2. The number of carbonyl (C=O) groups is 1. The first-order valence-corrected chi connectivity index (χ1v) is 9.36. The van der Waals surface area contributed by atoms with Gasteiger partial charge in [0, 0.05) is 52.3 Å². The average Bonchev–Trinajstić information content (AvgIpc) is 2.60. The van der Waals surface area contributed by atoms with Crippen molar-refractivity contribution in [3.05, 3.63) is 35.4 Å². The zero-order chi connectivity index (χ0) is 18.1. The molecule has 25 heavy (non-hydrogen) atoms. The predicted molar refractivity (Wildman–Crippen MR) is 101 cm³/mol. The molecule has 1 saturated heterocycles. The Morgan fingerprint density at radius 2 is 1.76 bits per heavy atom. The molecule has 2 rings (SSSR count). The minimum absolute atomic E-state index is 0.0465. The monoisotopic (exact) mass is 347 g/mol. The number of carbonyl (C=O) groups excluding carboxylic acids is 1. The van der Waals surface area contributed by atoms with Crippen molar-refractivity contribution in [2.75, 3.05) is 46.4 Å². The third-order valence-corrected chi connectivity index (χ3v) is 4.44. The van der Waals surface area contributed by atoms with Crippen LogP contribution in [0.3, 0.4) is 0 Å². The number of piperazine rings is 1. The highest BCUT2D eigenvalue weighted by molar-refractivity contribution is 5.75. The van der Waals surface area contributed by atoms with Crippen molar-refractivity contribution >= 4 is 5.91 Å². The fourth-order valence-corrected chi connectivity index (χ4v) is 2.80. The Kier molecular flexibility index (Phi) is 8.38. The molecule has 0 radical (unpaired) electrons. The number of nitrogens with zero attached hydrogens (tertiary/aromatic N) is 2. The summed E-state index contributed by atoms with van der Waals surface area (Å²) in [6, 6.07) is 8.57. The van der Waals surface area contributed by atoms with Gasteiger partial charge in [0.05, 0.1) is 6.61 Å². The standard InChI is InChI=1S/C20H33N3O2/c1-17(2)16-25-13-8-20(24)21-14-18-4-6-19(7-5-18)15-23-11-9-22(3)10-12-23/h4-7,17H,8-16H2,1-3H3,(H,21,24). The van der Waals surface area contributed by atoms with Gasteiger partial charge in [0.2, 0.25) is 5.91 Å². The fourth-order valence-electron chi connectivity index (χ4n) is 2.80. The van der Waals surface area contributed by atoms with E-state index in [2.05, 4.69) is 60.3 Å². The highest BCUT2D eigenvalue weighted by Gasteiger charge is 2.13. The summed E-state index contributed by atoms with van der Waals surface area (Å²) in [5.41, 5.74) is 2.47. The molecule has 1 aromatic carbocycles. The van der Waals surface area contributed by atoms with E-state index in [1.165, 1.54) is 5.56 Å². The number of ether oxygens (including phenoxy) is 1. The molecule has 0 unspecified atom stereocenters. The topological polar surface area (TPSA) is 44.8 Å². The zero-order valence-corrected chi connectivity index (χ0v) is 16.0. The van der Waals surface area contributed by atoms with Gasteiger partial charge < -0.3 is 15.0 Å². The van der Waals surface area contributed by atoms with Crippen molar-refractivity contribution in [2.45, 2.75) is 33.4 Å². The zero-order valence-electron chi connectivity index (χ0n) is 16.0. The second-order valence-corrected chi connectivity index (χ2v) is 7.39. The van der Waals surface area contributed by atoms with Gasteiger partial charge in [-0.15, -0.1) is 0 Å². The number of nitrogens with one attached hydrogen (secondary N) is 1. The first-order valence-electron chi connectivity index (χ1n) is 9.36. The molecular weight excluding hydrogens is 314 g/mol. The quantitative estimate of drug-likeness (QED) is 0.695. The summed E-state index contributed by atoms with van der Waals surface area (Å²) < 4.78 is 5.44. The van der Waals surface area contributed by atoms with Gasteiger partial charge in [0.15, 0.2) is 0 Å². The number of likely N-dealkylation sites (N-methyl/N-ethyl adjacent to an activating group) is 1. The van der Waals surface area contributed by atoms with E-state index in [4.69, 9.17) is 4.74 Å². The van der Waals surface area contributed by atoms with Crippen molar-refractivity contribution in [1.82, 2.24) is 15.1 Å². The second-order valence-electron chi connectivity index (χ2n) is 7.39. The highest BCUT2D eigenvalue weighted by atomic mass is 16.5.